The van der Waals surface area contributed by atoms with Crippen molar-refractivity contribution in [1.82, 2.24) is 0 Å². The van der Waals surface area contributed by atoms with Crippen LogP contribution in [0.1, 0.15) is 15.9 Å². The number of carbonyl (C=O) groups is 1. The first-order valence-electron chi connectivity index (χ1n) is 5.74. The smallest absolute Gasteiger partial charge is 0.175 e. The van der Waals surface area contributed by atoms with Crippen LogP contribution in [0.2, 0.25) is 0 Å². The highest BCUT2D eigenvalue weighted by Gasteiger charge is 2.12. The van der Waals surface area contributed by atoms with E-state index in [1.54, 1.807) is 0 Å². The fourth-order valence-electron chi connectivity index (χ4n) is 1.64. The molecular weight excluding hydrogens is 247 g/mol. The van der Waals surface area contributed by atoms with Gasteiger partial charge in [-0.25, -0.2) is 4.39 Å². The molecule has 4 heteroatoms. The molecule has 0 bridgehead atoms. The average molecular weight is 260 g/mol. The molecule has 0 saturated carbocycles. The lowest BCUT2D eigenvalue weighted by Gasteiger charge is -2.10. The summed E-state index contributed by atoms with van der Waals surface area (Å²) in [5, 5.41) is 0. The predicted molar refractivity (Wildman–Crippen MR) is 69.1 cm³/mol. The molecule has 0 spiro atoms. The van der Waals surface area contributed by atoms with Crippen LogP contribution in [0.4, 0.5) is 4.39 Å². The molecule has 0 aliphatic heterocycles. The Bertz CT molecular complexity index is 567. The van der Waals surface area contributed by atoms with Crippen LogP contribution >= 0.6 is 0 Å². The summed E-state index contributed by atoms with van der Waals surface area (Å²) in [4.78, 5) is 10.8. The summed E-state index contributed by atoms with van der Waals surface area (Å²) in [5.41, 5.74) is 0.833. The van der Waals surface area contributed by atoms with Crippen LogP contribution in [0.15, 0.2) is 42.5 Å². The Kier molecular flexibility index (Phi) is 4.13. The Morgan fingerprint density at radius 1 is 1.21 bits per heavy atom. The number of halogens is 1. The lowest BCUT2D eigenvalue weighted by Crippen LogP contribution is -2.00. The maximum absolute atomic E-state index is 13.9. The van der Waals surface area contributed by atoms with Crippen molar-refractivity contribution in [3.8, 4) is 11.5 Å². The van der Waals surface area contributed by atoms with Gasteiger partial charge in [-0.15, -0.1) is 0 Å². The second kappa shape index (κ2) is 6.00. The van der Waals surface area contributed by atoms with Gasteiger partial charge >= 0.3 is 0 Å². The number of ether oxygens (including phenoxy) is 2. The summed E-state index contributed by atoms with van der Waals surface area (Å²) in [5.74, 6) is -0.288. The topological polar surface area (TPSA) is 35.5 Å². The van der Waals surface area contributed by atoms with Gasteiger partial charge in [-0.2, -0.15) is 0 Å². The van der Waals surface area contributed by atoms with E-state index in [1.165, 1.54) is 19.2 Å². The molecule has 0 aliphatic carbocycles. The van der Waals surface area contributed by atoms with Crippen molar-refractivity contribution in [1.29, 1.82) is 0 Å². The first-order valence-corrected chi connectivity index (χ1v) is 5.74. The molecule has 0 N–H and O–H groups in total. The molecule has 0 radical (unpaired) electrons. The normalized spacial score (nSPS) is 10.0. The highest BCUT2D eigenvalue weighted by Crippen LogP contribution is 2.27. The second-order valence-corrected chi connectivity index (χ2v) is 3.92. The van der Waals surface area contributed by atoms with Crippen molar-refractivity contribution in [2.75, 3.05) is 7.11 Å². The van der Waals surface area contributed by atoms with Crippen LogP contribution in [0, 0.1) is 5.82 Å². The van der Waals surface area contributed by atoms with Gasteiger partial charge in [0, 0.05) is 6.07 Å². The summed E-state index contributed by atoms with van der Waals surface area (Å²) in [7, 11) is 1.45. The van der Waals surface area contributed by atoms with Crippen LogP contribution in [-0.2, 0) is 6.61 Å². The third-order valence-corrected chi connectivity index (χ3v) is 2.64. The Balaban J connectivity index is 2.22. The Labute approximate surface area is 110 Å². The molecule has 0 aliphatic rings. The van der Waals surface area contributed by atoms with Crippen molar-refractivity contribution in [2.24, 2.45) is 0 Å². The minimum Gasteiger partial charge on any atom is -0.497 e. The van der Waals surface area contributed by atoms with Gasteiger partial charge in [0.1, 0.15) is 12.4 Å². The van der Waals surface area contributed by atoms with E-state index < -0.39 is 5.82 Å². The first-order chi connectivity index (χ1) is 9.24. The molecule has 2 aromatic carbocycles. The summed E-state index contributed by atoms with van der Waals surface area (Å²) < 4.78 is 24.3. The molecule has 0 heterocycles. The Morgan fingerprint density at radius 3 is 2.58 bits per heavy atom. The van der Waals surface area contributed by atoms with Gasteiger partial charge in [0.05, 0.1) is 12.7 Å². The van der Waals surface area contributed by atoms with Gasteiger partial charge < -0.3 is 9.47 Å². The number of hydrogen-bond acceptors (Lipinski definition) is 3. The van der Waals surface area contributed by atoms with Crippen molar-refractivity contribution >= 4 is 6.29 Å². The van der Waals surface area contributed by atoms with Crippen LogP contribution in [-0.4, -0.2) is 13.4 Å². The lowest BCUT2D eigenvalue weighted by molar-refractivity contribution is 0.111. The van der Waals surface area contributed by atoms with Crippen molar-refractivity contribution in [2.45, 2.75) is 6.61 Å². The molecule has 98 valence electrons. The van der Waals surface area contributed by atoms with E-state index in [4.69, 9.17) is 9.47 Å². The van der Waals surface area contributed by atoms with Gasteiger partial charge in [-0.05, 0) is 11.6 Å². The summed E-state index contributed by atoms with van der Waals surface area (Å²) in [6.45, 7) is 0.225. The monoisotopic (exact) mass is 260 g/mol. The van der Waals surface area contributed by atoms with Crippen LogP contribution in [0.25, 0.3) is 0 Å². The number of hydrogen-bond donors (Lipinski definition) is 0. The van der Waals surface area contributed by atoms with Crippen LogP contribution in [0.3, 0.4) is 0 Å². The first kappa shape index (κ1) is 13.1. The summed E-state index contributed by atoms with van der Waals surface area (Å²) >= 11 is 0. The quantitative estimate of drug-likeness (QED) is 0.774. The van der Waals surface area contributed by atoms with E-state index in [9.17, 15) is 9.18 Å². The number of benzene rings is 2. The molecule has 19 heavy (non-hydrogen) atoms. The van der Waals surface area contributed by atoms with Gasteiger partial charge in [-0.1, -0.05) is 30.3 Å². The minimum absolute atomic E-state index is 0.00491. The molecule has 0 amide bonds. The summed E-state index contributed by atoms with van der Waals surface area (Å²) in [6, 6.07) is 12.1. The maximum atomic E-state index is 13.9. The third-order valence-electron chi connectivity index (χ3n) is 2.64. The van der Waals surface area contributed by atoms with Gasteiger partial charge in [0.2, 0.25) is 0 Å². The lowest BCUT2D eigenvalue weighted by atomic mass is 10.2. The number of carbonyl (C=O) groups excluding carboxylic acids is 1. The van der Waals surface area contributed by atoms with Gasteiger partial charge in [0.15, 0.2) is 17.9 Å². The summed E-state index contributed by atoms with van der Waals surface area (Å²) in [6.07, 6.45) is 0.438. The molecule has 0 aromatic heterocycles. The zero-order valence-corrected chi connectivity index (χ0v) is 10.4. The van der Waals surface area contributed by atoms with E-state index in [-0.39, 0.29) is 17.9 Å². The van der Waals surface area contributed by atoms with E-state index in [2.05, 4.69) is 0 Å². The van der Waals surface area contributed by atoms with Crippen molar-refractivity contribution in [3.05, 3.63) is 59.4 Å². The molecule has 3 nitrogen and oxygen atoms in total. The fraction of sp³-hybridized carbons (Fsp3) is 0.133. The Morgan fingerprint density at radius 2 is 1.95 bits per heavy atom. The average Bonchev–Trinajstić information content (AvgIpc) is 2.47. The van der Waals surface area contributed by atoms with Crippen LogP contribution < -0.4 is 9.47 Å². The number of methoxy groups -OCH3 is 1. The zero-order valence-electron chi connectivity index (χ0n) is 10.4. The SMILES string of the molecule is COc1cc(C=O)c(F)c(OCc2ccccc2)c1. The maximum Gasteiger partial charge on any atom is 0.175 e. The minimum atomic E-state index is -0.674. The fourth-order valence-corrected chi connectivity index (χ4v) is 1.64. The third kappa shape index (κ3) is 3.10. The molecule has 0 unspecified atom stereocenters. The zero-order chi connectivity index (χ0) is 13.7. The standard InChI is InChI=1S/C15H13FO3/c1-18-13-7-12(9-17)15(16)14(8-13)19-10-11-5-3-2-4-6-11/h2-9H,10H2,1H3. The van der Waals surface area contributed by atoms with E-state index >= 15 is 0 Å². The van der Waals surface area contributed by atoms with E-state index in [1.807, 2.05) is 30.3 Å². The van der Waals surface area contributed by atoms with Crippen LogP contribution in [0.5, 0.6) is 11.5 Å². The van der Waals surface area contributed by atoms with Gasteiger partial charge in [0.25, 0.3) is 0 Å². The largest absolute Gasteiger partial charge is 0.497 e. The highest BCUT2D eigenvalue weighted by atomic mass is 19.1. The van der Waals surface area contributed by atoms with E-state index in [0.717, 1.165) is 5.56 Å². The molecule has 2 aromatic rings. The van der Waals surface area contributed by atoms with Crippen molar-refractivity contribution < 1.29 is 18.7 Å². The molecule has 0 fully saturated rings. The molecule has 0 saturated heterocycles. The second-order valence-electron chi connectivity index (χ2n) is 3.92. The van der Waals surface area contributed by atoms with E-state index in [0.29, 0.717) is 12.0 Å². The number of aldehydes is 1. The van der Waals surface area contributed by atoms with Gasteiger partial charge in [-0.3, -0.25) is 4.79 Å². The Hall–Kier alpha value is -2.36. The molecule has 2 rings (SSSR count). The van der Waals surface area contributed by atoms with Crippen molar-refractivity contribution in [3.63, 3.8) is 0 Å². The number of rotatable bonds is 5. The molecular formula is C15H13FO3. The highest BCUT2D eigenvalue weighted by molar-refractivity contribution is 5.77. The molecule has 0 atom stereocenters. The predicted octanol–water partition coefficient (Wildman–Crippen LogP) is 3.23.